The molecular formula is C21H18Cl3N3O3S. The van der Waals surface area contributed by atoms with E-state index < -0.39 is 5.25 Å². The molecule has 1 atom stereocenters. The second kappa shape index (κ2) is 9.28. The number of carbonyl (C=O) groups is 3. The van der Waals surface area contributed by atoms with Gasteiger partial charge in [-0.1, -0.05) is 40.9 Å². The molecule has 2 aromatic rings. The van der Waals surface area contributed by atoms with Gasteiger partial charge in [-0.25, -0.2) is 0 Å². The fourth-order valence-corrected chi connectivity index (χ4v) is 5.18. The zero-order chi connectivity index (χ0) is 22.1. The standard InChI is InChI=1S/C21H18Cl3N3O3S/c22-12-4-5-16-15(10-12)25-20(29)17(31-16)11-18(28)26-6-8-27(9-7-26)21(30)13-2-1-3-14(23)19(13)24/h1-5,10,17H,6-9,11H2,(H,25,29). The van der Waals surface area contributed by atoms with Gasteiger partial charge in [0.2, 0.25) is 11.8 Å². The van der Waals surface area contributed by atoms with Gasteiger partial charge in [-0.15, -0.1) is 11.8 Å². The van der Waals surface area contributed by atoms with Crippen molar-refractivity contribution in [2.75, 3.05) is 31.5 Å². The van der Waals surface area contributed by atoms with Crippen molar-refractivity contribution in [3.63, 3.8) is 0 Å². The molecule has 6 nitrogen and oxygen atoms in total. The minimum Gasteiger partial charge on any atom is -0.339 e. The van der Waals surface area contributed by atoms with Gasteiger partial charge < -0.3 is 15.1 Å². The molecule has 1 saturated heterocycles. The zero-order valence-electron chi connectivity index (χ0n) is 16.2. The summed E-state index contributed by atoms with van der Waals surface area (Å²) in [6.07, 6.45) is 0.0899. The van der Waals surface area contributed by atoms with Crippen LogP contribution in [0.5, 0.6) is 0 Å². The fraction of sp³-hybridized carbons (Fsp3) is 0.286. The van der Waals surface area contributed by atoms with E-state index in [1.54, 1.807) is 40.1 Å². The lowest BCUT2D eigenvalue weighted by atomic mass is 10.1. The number of nitrogens with zero attached hydrogens (tertiary/aromatic N) is 2. The van der Waals surface area contributed by atoms with E-state index in [0.29, 0.717) is 47.5 Å². The Bertz CT molecular complexity index is 1060. The molecule has 2 aliphatic rings. The van der Waals surface area contributed by atoms with Crippen LogP contribution < -0.4 is 5.32 Å². The number of halogens is 3. The molecule has 31 heavy (non-hydrogen) atoms. The number of hydrogen-bond acceptors (Lipinski definition) is 4. The van der Waals surface area contributed by atoms with E-state index in [1.165, 1.54) is 11.8 Å². The lowest BCUT2D eigenvalue weighted by Gasteiger charge is -2.35. The lowest BCUT2D eigenvalue weighted by Crippen LogP contribution is -2.51. The highest BCUT2D eigenvalue weighted by Crippen LogP contribution is 2.38. The van der Waals surface area contributed by atoms with E-state index in [0.717, 1.165) is 4.90 Å². The number of fused-ring (bicyclic) bond motifs is 1. The lowest BCUT2D eigenvalue weighted by molar-refractivity contribution is -0.134. The molecule has 162 valence electrons. The van der Waals surface area contributed by atoms with E-state index in [-0.39, 0.29) is 29.2 Å². The quantitative estimate of drug-likeness (QED) is 0.679. The molecule has 10 heteroatoms. The van der Waals surface area contributed by atoms with Crippen LogP contribution in [0.15, 0.2) is 41.3 Å². The number of nitrogens with one attached hydrogen (secondary N) is 1. The third-order valence-corrected chi connectivity index (χ3v) is 7.55. The van der Waals surface area contributed by atoms with Crippen molar-refractivity contribution in [1.29, 1.82) is 0 Å². The summed E-state index contributed by atoms with van der Waals surface area (Å²) >= 11 is 19.5. The number of carbonyl (C=O) groups excluding carboxylic acids is 3. The summed E-state index contributed by atoms with van der Waals surface area (Å²) in [6, 6.07) is 10.2. The number of rotatable bonds is 3. The van der Waals surface area contributed by atoms with E-state index in [9.17, 15) is 14.4 Å². The predicted molar refractivity (Wildman–Crippen MR) is 123 cm³/mol. The van der Waals surface area contributed by atoms with Crippen molar-refractivity contribution in [1.82, 2.24) is 9.80 Å². The molecule has 2 heterocycles. The molecule has 0 spiro atoms. The minimum atomic E-state index is -0.508. The minimum absolute atomic E-state index is 0.0899. The summed E-state index contributed by atoms with van der Waals surface area (Å²) in [4.78, 5) is 42.2. The average molecular weight is 499 g/mol. The highest BCUT2D eigenvalue weighted by molar-refractivity contribution is 8.01. The Morgan fingerprint density at radius 2 is 1.74 bits per heavy atom. The molecule has 0 aliphatic carbocycles. The molecular weight excluding hydrogens is 481 g/mol. The normalized spacial score (nSPS) is 18.4. The van der Waals surface area contributed by atoms with Crippen molar-refractivity contribution in [3.05, 3.63) is 57.0 Å². The molecule has 1 unspecified atom stereocenters. The van der Waals surface area contributed by atoms with E-state index in [1.807, 2.05) is 6.07 Å². The SMILES string of the molecule is O=C1Nc2cc(Cl)ccc2SC1CC(=O)N1CCN(C(=O)c2cccc(Cl)c2Cl)CC1. The molecule has 1 fully saturated rings. The highest BCUT2D eigenvalue weighted by atomic mass is 35.5. The van der Waals surface area contributed by atoms with Crippen LogP contribution in [0.3, 0.4) is 0 Å². The number of amides is 3. The first-order valence-electron chi connectivity index (χ1n) is 9.61. The molecule has 2 aromatic carbocycles. The maximum atomic E-state index is 12.8. The second-order valence-electron chi connectivity index (χ2n) is 7.21. The molecule has 2 aliphatic heterocycles. The van der Waals surface area contributed by atoms with Gasteiger partial charge in [0.25, 0.3) is 5.91 Å². The third-order valence-electron chi connectivity index (χ3n) is 5.22. The Morgan fingerprint density at radius 1 is 1.03 bits per heavy atom. The number of piperazine rings is 1. The summed E-state index contributed by atoms with van der Waals surface area (Å²) in [5, 5.41) is 3.41. The van der Waals surface area contributed by atoms with Crippen molar-refractivity contribution >= 4 is 70.0 Å². The molecule has 0 bridgehead atoms. The molecule has 3 amide bonds. The largest absolute Gasteiger partial charge is 0.339 e. The summed E-state index contributed by atoms with van der Waals surface area (Å²) in [5.74, 6) is -0.535. The van der Waals surface area contributed by atoms with Crippen LogP contribution >= 0.6 is 46.6 Å². The van der Waals surface area contributed by atoms with Crippen LogP contribution in [-0.4, -0.2) is 59.0 Å². The second-order valence-corrected chi connectivity index (χ2v) is 9.68. The zero-order valence-corrected chi connectivity index (χ0v) is 19.3. The Kier molecular flexibility index (Phi) is 6.67. The number of hydrogen-bond donors (Lipinski definition) is 1. The molecule has 0 saturated carbocycles. The Hall–Kier alpha value is -1.93. The maximum absolute atomic E-state index is 12.8. The van der Waals surface area contributed by atoms with Gasteiger partial charge in [-0.3, -0.25) is 14.4 Å². The first kappa shape index (κ1) is 22.3. The van der Waals surface area contributed by atoms with E-state index >= 15 is 0 Å². The third kappa shape index (κ3) is 4.80. The van der Waals surface area contributed by atoms with E-state index in [4.69, 9.17) is 34.8 Å². The fourth-order valence-electron chi connectivity index (χ4n) is 3.54. The molecule has 4 rings (SSSR count). The van der Waals surface area contributed by atoms with Gasteiger partial charge in [0, 0.05) is 42.5 Å². The maximum Gasteiger partial charge on any atom is 0.255 e. The Morgan fingerprint density at radius 3 is 2.48 bits per heavy atom. The summed E-state index contributed by atoms with van der Waals surface area (Å²) < 4.78 is 0. The smallest absolute Gasteiger partial charge is 0.255 e. The predicted octanol–water partition coefficient (Wildman–Crippen LogP) is 4.43. The van der Waals surface area contributed by atoms with Crippen LogP contribution in [0.4, 0.5) is 5.69 Å². The molecule has 1 N–H and O–H groups in total. The molecule has 0 radical (unpaired) electrons. The van der Waals surface area contributed by atoms with Crippen LogP contribution in [0.2, 0.25) is 15.1 Å². The number of thioether (sulfide) groups is 1. The van der Waals surface area contributed by atoms with Crippen LogP contribution in [0, 0.1) is 0 Å². The van der Waals surface area contributed by atoms with Crippen molar-refractivity contribution in [2.45, 2.75) is 16.6 Å². The van der Waals surface area contributed by atoms with Gasteiger partial charge in [-0.2, -0.15) is 0 Å². The van der Waals surface area contributed by atoms with Gasteiger partial charge >= 0.3 is 0 Å². The summed E-state index contributed by atoms with van der Waals surface area (Å²) in [7, 11) is 0. The first-order chi connectivity index (χ1) is 14.8. The highest BCUT2D eigenvalue weighted by Gasteiger charge is 2.32. The van der Waals surface area contributed by atoms with Crippen molar-refractivity contribution < 1.29 is 14.4 Å². The average Bonchev–Trinajstić information content (AvgIpc) is 2.76. The van der Waals surface area contributed by atoms with Crippen molar-refractivity contribution in [2.24, 2.45) is 0 Å². The Labute approximate surface area is 198 Å². The van der Waals surface area contributed by atoms with Gasteiger partial charge in [-0.05, 0) is 30.3 Å². The number of benzene rings is 2. The van der Waals surface area contributed by atoms with Crippen molar-refractivity contribution in [3.8, 4) is 0 Å². The topological polar surface area (TPSA) is 69.7 Å². The summed E-state index contributed by atoms with van der Waals surface area (Å²) in [6.45, 7) is 1.57. The monoisotopic (exact) mass is 497 g/mol. The van der Waals surface area contributed by atoms with Gasteiger partial charge in [0.05, 0.1) is 26.5 Å². The first-order valence-corrected chi connectivity index (χ1v) is 11.6. The Balaban J connectivity index is 1.34. The summed E-state index contributed by atoms with van der Waals surface area (Å²) in [5.41, 5.74) is 1.01. The van der Waals surface area contributed by atoms with Crippen LogP contribution in [0.1, 0.15) is 16.8 Å². The van der Waals surface area contributed by atoms with Crippen LogP contribution in [0.25, 0.3) is 0 Å². The van der Waals surface area contributed by atoms with Gasteiger partial charge in [0.15, 0.2) is 0 Å². The van der Waals surface area contributed by atoms with E-state index in [2.05, 4.69) is 5.32 Å². The number of anilines is 1. The molecule has 0 aromatic heterocycles. The van der Waals surface area contributed by atoms with Gasteiger partial charge in [0.1, 0.15) is 0 Å². The van der Waals surface area contributed by atoms with Crippen LogP contribution in [-0.2, 0) is 9.59 Å².